The summed E-state index contributed by atoms with van der Waals surface area (Å²) < 4.78 is 5.73. The number of nitrogens with two attached hydrogens (primary N) is 1. The lowest BCUT2D eigenvalue weighted by atomic mass is 9.72. The molecule has 0 aromatic heterocycles. The van der Waals surface area contributed by atoms with E-state index in [1.54, 1.807) is 0 Å². The van der Waals surface area contributed by atoms with Crippen molar-refractivity contribution in [2.24, 2.45) is 23.5 Å². The first-order valence-electron chi connectivity index (χ1n) is 8.11. The molecule has 2 N–H and O–H groups in total. The predicted molar refractivity (Wildman–Crippen MR) is 80.3 cm³/mol. The van der Waals surface area contributed by atoms with Gasteiger partial charge in [-0.3, -0.25) is 4.79 Å². The summed E-state index contributed by atoms with van der Waals surface area (Å²) in [6, 6.07) is 0.166. The number of ether oxygens (including phenoxy) is 1. The molecule has 0 aromatic rings. The molecule has 4 nitrogen and oxygen atoms in total. The molecule has 2 aliphatic rings. The molecule has 1 amide bonds. The van der Waals surface area contributed by atoms with Crippen molar-refractivity contribution in [1.29, 1.82) is 0 Å². The van der Waals surface area contributed by atoms with Gasteiger partial charge in [-0.1, -0.05) is 13.8 Å². The largest absolute Gasteiger partial charge is 0.376 e. The SMILES string of the molecule is CC1CC(C)C(C(=O)N(C)CC2CCCCO2)CC1N. The van der Waals surface area contributed by atoms with Crippen molar-refractivity contribution < 1.29 is 9.53 Å². The van der Waals surface area contributed by atoms with Gasteiger partial charge in [0, 0.05) is 32.2 Å². The van der Waals surface area contributed by atoms with E-state index in [-0.39, 0.29) is 24.0 Å². The summed E-state index contributed by atoms with van der Waals surface area (Å²) in [6.07, 6.45) is 5.57. The Bertz CT molecular complexity index is 328. The quantitative estimate of drug-likeness (QED) is 0.861. The van der Waals surface area contributed by atoms with Crippen LogP contribution in [-0.2, 0) is 9.53 Å². The van der Waals surface area contributed by atoms with Crippen molar-refractivity contribution >= 4 is 5.91 Å². The molecule has 116 valence electrons. The van der Waals surface area contributed by atoms with Crippen molar-refractivity contribution in [3.63, 3.8) is 0 Å². The number of hydrogen-bond donors (Lipinski definition) is 1. The number of carbonyl (C=O) groups excluding carboxylic acids is 1. The van der Waals surface area contributed by atoms with E-state index in [0.29, 0.717) is 11.8 Å². The normalized spacial score (nSPS) is 38.5. The fourth-order valence-electron chi connectivity index (χ4n) is 3.66. The van der Waals surface area contributed by atoms with Crippen molar-refractivity contribution in [1.82, 2.24) is 4.90 Å². The fraction of sp³-hybridized carbons (Fsp3) is 0.938. The van der Waals surface area contributed by atoms with Gasteiger partial charge < -0.3 is 15.4 Å². The first kappa shape index (κ1) is 15.8. The summed E-state index contributed by atoms with van der Waals surface area (Å²) >= 11 is 0. The second-order valence-electron chi connectivity index (χ2n) is 6.90. The summed E-state index contributed by atoms with van der Waals surface area (Å²) in [6.45, 7) is 5.96. The Kier molecular flexibility index (Phi) is 5.44. The topological polar surface area (TPSA) is 55.6 Å². The van der Waals surface area contributed by atoms with Crippen LogP contribution in [0.2, 0.25) is 0 Å². The maximum absolute atomic E-state index is 12.6. The summed E-state index contributed by atoms with van der Waals surface area (Å²) in [7, 11) is 1.91. The maximum atomic E-state index is 12.6. The highest BCUT2D eigenvalue weighted by atomic mass is 16.5. The van der Waals surface area contributed by atoms with Crippen LogP contribution in [0.25, 0.3) is 0 Å². The molecule has 4 heteroatoms. The van der Waals surface area contributed by atoms with Crippen LogP contribution >= 0.6 is 0 Å². The Balaban J connectivity index is 1.88. The van der Waals surface area contributed by atoms with Crippen LogP contribution in [0.15, 0.2) is 0 Å². The van der Waals surface area contributed by atoms with Crippen molar-refractivity contribution in [2.45, 2.75) is 58.1 Å². The minimum atomic E-state index is 0.0924. The van der Waals surface area contributed by atoms with Crippen molar-refractivity contribution in [3.8, 4) is 0 Å². The lowest BCUT2D eigenvalue weighted by molar-refractivity contribution is -0.140. The van der Waals surface area contributed by atoms with E-state index in [0.717, 1.165) is 38.8 Å². The fourth-order valence-corrected chi connectivity index (χ4v) is 3.66. The van der Waals surface area contributed by atoms with Crippen molar-refractivity contribution in [2.75, 3.05) is 20.2 Å². The van der Waals surface area contributed by atoms with Gasteiger partial charge in [0.15, 0.2) is 0 Å². The summed E-state index contributed by atoms with van der Waals surface area (Å²) in [5.41, 5.74) is 6.16. The minimum Gasteiger partial charge on any atom is -0.376 e. The maximum Gasteiger partial charge on any atom is 0.225 e. The Morgan fingerprint density at radius 3 is 2.65 bits per heavy atom. The molecule has 20 heavy (non-hydrogen) atoms. The molecular weight excluding hydrogens is 252 g/mol. The third-order valence-corrected chi connectivity index (χ3v) is 5.13. The molecule has 1 saturated carbocycles. The molecule has 5 unspecified atom stereocenters. The Hall–Kier alpha value is -0.610. The molecule has 0 radical (unpaired) electrons. The third kappa shape index (κ3) is 3.73. The smallest absolute Gasteiger partial charge is 0.225 e. The molecule has 0 aromatic carbocycles. The van der Waals surface area contributed by atoms with Gasteiger partial charge in [0.25, 0.3) is 0 Å². The van der Waals surface area contributed by atoms with E-state index in [2.05, 4.69) is 13.8 Å². The second-order valence-corrected chi connectivity index (χ2v) is 6.90. The average Bonchev–Trinajstić information content (AvgIpc) is 2.43. The Morgan fingerprint density at radius 1 is 1.25 bits per heavy atom. The lowest BCUT2D eigenvalue weighted by Crippen LogP contribution is -2.47. The zero-order valence-corrected chi connectivity index (χ0v) is 13.2. The van der Waals surface area contributed by atoms with Crippen molar-refractivity contribution in [3.05, 3.63) is 0 Å². The summed E-state index contributed by atoms with van der Waals surface area (Å²) in [5.74, 6) is 1.32. The minimum absolute atomic E-state index is 0.0924. The molecule has 0 spiro atoms. The van der Waals surface area contributed by atoms with Gasteiger partial charge in [-0.05, 0) is 43.9 Å². The van der Waals surface area contributed by atoms with Crippen LogP contribution in [0.5, 0.6) is 0 Å². The second kappa shape index (κ2) is 6.90. The van der Waals surface area contributed by atoms with Gasteiger partial charge in [-0.25, -0.2) is 0 Å². The highest BCUT2D eigenvalue weighted by Crippen LogP contribution is 2.34. The van der Waals surface area contributed by atoms with E-state index < -0.39 is 0 Å². The number of nitrogens with zero attached hydrogens (tertiary/aromatic N) is 1. The highest BCUT2D eigenvalue weighted by molar-refractivity contribution is 5.79. The summed E-state index contributed by atoms with van der Waals surface area (Å²) in [4.78, 5) is 14.5. The van der Waals surface area contributed by atoms with Crippen LogP contribution in [0, 0.1) is 17.8 Å². The zero-order chi connectivity index (χ0) is 14.7. The molecular formula is C16H30N2O2. The molecule has 1 aliphatic carbocycles. The van der Waals surface area contributed by atoms with Gasteiger partial charge in [0.2, 0.25) is 5.91 Å². The van der Waals surface area contributed by atoms with Gasteiger partial charge >= 0.3 is 0 Å². The summed E-state index contributed by atoms with van der Waals surface area (Å²) in [5, 5.41) is 0. The van der Waals surface area contributed by atoms with Crippen LogP contribution in [0.1, 0.15) is 46.0 Å². The predicted octanol–water partition coefficient (Wildman–Crippen LogP) is 2.02. The van der Waals surface area contributed by atoms with Crippen LogP contribution in [0.4, 0.5) is 0 Å². The molecule has 1 heterocycles. The molecule has 5 atom stereocenters. The highest BCUT2D eigenvalue weighted by Gasteiger charge is 2.36. The van der Waals surface area contributed by atoms with Gasteiger partial charge in [-0.2, -0.15) is 0 Å². The van der Waals surface area contributed by atoms with Crippen LogP contribution in [-0.4, -0.2) is 43.2 Å². The number of amides is 1. The first-order valence-corrected chi connectivity index (χ1v) is 8.11. The molecule has 2 rings (SSSR count). The number of rotatable bonds is 3. The van der Waals surface area contributed by atoms with Crippen LogP contribution < -0.4 is 5.73 Å². The van der Waals surface area contributed by atoms with E-state index in [9.17, 15) is 4.79 Å². The first-order chi connectivity index (χ1) is 9.49. The number of carbonyl (C=O) groups is 1. The zero-order valence-electron chi connectivity index (χ0n) is 13.2. The van der Waals surface area contributed by atoms with Gasteiger partial charge in [-0.15, -0.1) is 0 Å². The number of hydrogen-bond acceptors (Lipinski definition) is 3. The lowest BCUT2D eigenvalue weighted by Gasteiger charge is -2.38. The molecule has 2 fully saturated rings. The number of likely N-dealkylation sites (N-methyl/N-ethyl adjacent to an activating group) is 1. The monoisotopic (exact) mass is 282 g/mol. The molecule has 0 bridgehead atoms. The van der Waals surface area contributed by atoms with Gasteiger partial charge in [0.1, 0.15) is 0 Å². The van der Waals surface area contributed by atoms with E-state index in [4.69, 9.17) is 10.5 Å². The van der Waals surface area contributed by atoms with E-state index >= 15 is 0 Å². The van der Waals surface area contributed by atoms with E-state index in [1.807, 2.05) is 11.9 Å². The Labute approximate surface area is 123 Å². The molecule has 1 aliphatic heterocycles. The van der Waals surface area contributed by atoms with E-state index in [1.165, 1.54) is 6.42 Å². The third-order valence-electron chi connectivity index (χ3n) is 5.13. The standard InChI is InChI=1S/C16H30N2O2/c1-11-8-12(2)15(17)9-14(11)16(19)18(3)10-13-6-4-5-7-20-13/h11-15H,4-10,17H2,1-3H3. The van der Waals surface area contributed by atoms with Gasteiger partial charge in [0.05, 0.1) is 6.10 Å². The average molecular weight is 282 g/mol. The molecule has 1 saturated heterocycles. The Morgan fingerprint density at radius 2 is 2.00 bits per heavy atom. The van der Waals surface area contributed by atoms with Crippen LogP contribution in [0.3, 0.4) is 0 Å².